The first-order valence-corrected chi connectivity index (χ1v) is 15.5. The molecule has 2 amide bonds. The summed E-state index contributed by atoms with van der Waals surface area (Å²) in [6.45, 7) is 1.78. The van der Waals surface area contributed by atoms with E-state index in [1.807, 2.05) is 12.1 Å². The number of urea groups is 1. The van der Waals surface area contributed by atoms with Crippen molar-refractivity contribution < 1.29 is 9.32 Å². The summed E-state index contributed by atoms with van der Waals surface area (Å²) in [4.78, 5) is 26.2. The van der Waals surface area contributed by atoms with E-state index in [1.54, 1.807) is 13.1 Å². The molecule has 43 heavy (non-hydrogen) atoms. The summed E-state index contributed by atoms with van der Waals surface area (Å²) in [6.07, 6.45) is 12.1. The highest BCUT2D eigenvalue weighted by Gasteiger charge is 2.27. The number of rotatable bonds is 8. The Hall–Kier alpha value is -4.48. The Morgan fingerprint density at radius 3 is 2.49 bits per heavy atom. The number of amides is 2. The minimum absolute atomic E-state index is 0.0732. The van der Waals surface area contributed by atoms with E-state index in [-0.39, 0.29) is 24.2 Å². The van der Waals surface area contributed by atoms with Crippen molar-refractivity contribution >= 4 is 23.6 Å². The predicted octanol–water partition coefficient (Wildman–Crippen LogP) is 5.15. The first kappa shape index (κ1) is 27.4. The van der Waals surface area contributed by atoms with Gasteiger partial charge in [0, 0.05) is 54.5 Å². The Labute approximate surface area is 250 Å². The number of anilines is 3. The van der Waals surface area contributed by atoms with Crippen molar-refractivity contribution in [1.29, 1.82) is 0 Å². The third-order valence-corrected chi connectivity index (χ3v) is 8.96. The number of nitrogens with zero attached hydrogens (tertiary/aromatic N) is 5. The van der Waals surface area contributed by atoms with Crippen molar-refractivity contribution in [3.8, 4) is 11.4 Å². The topological polar surface area (TPSA) is 159 Å². The molecule has 3 aliphatic rings. The number of hydrogen-bond donors (Lipinski definition) is 5. The van der Waals surface area contributed by atoms with Crippen LogP contribution in [0.5, 0.6) is 0 Å². The summed E-state index contributed by atoms with van der Waals surface area (Å²) < 4.78 is 5.12. The van der Waals surface area contributed by atoms with Crippen LogP contribution < -0.4 is 21.3 Å². The van der Waals surface area contributed by atoms with E-state index in [9.17, 15) is 4.79 Å². The van der Waals surface area contributed by atoms with E-state index in [4.69, 9.17) is 4.52 Å². The number of carbonyl (C=O) groups excluding carboxylic acids is 1. The highest BCUT2D eigenvalue weighted by atomic mass is 16.5. The second kappa shape index (κ2) is 12.0. The summed E-state index contributed by atoms with van der Waals surface area (Å²) in [5, 5.41) is 24.8. The minimum atomic E-state index is -0.0974. The fourth-order valence-corrected chi connectivity index (χ4v) is 6.73. The first-order valence-electron chi connectivity index (χ1n) is 15.5. The van der Waals surface area contributed by atoms with Gasteiger partial charge in [-0.1, -0.05) is 30.1 Å². The molecule has 1 atom stereocenters. The third kappa shape index (κ3) is 6.47. The van der Waals surface area contributed by atoms with Crippen molar-refractivity contribution in [2.45, 2.75) is 95.2 Å². The van der Waals surface area contributed by atoms with Crippen LogP contribution in [-0.4, -0.2) is 54.5 Å². The Morgan fingerprint density at radius 1 is 0.884 bits per heavy atom. The molecule has 0 aliphatic heterocycles. The van der Waals surface area contributed by atoms with Gasteiger partial charge in [-0.2, -0.15) is 15.1 Å². The van der Waals surface area contributed by atoms with Crippen molar-refractivity contribution in [2.24, 2.45) is 0 Å². The fraction of sp³-hybridized carbons (Fsp3) is 0.484. The van der Waals surface area contributed by atoms with Gasteiger partial charge in [-0.05, 0) is 74.6 Å². The number of hydrogen-bond acceptors (Lipinski definition) is 9. The Bertz CT molecular complexity index is 1570. The number of fused-ring (bicyclic) bond motifs is 1. The van der Waals surface area contributed by atoms with E-state index in [0.29, 0.717) is 29.4 Å². The van der Waals surface area contributed by atoms with Crippen LogP contribution >= 0.6 is 0 Å². The normalized spacial score (nSPS) is 21.8. The van der Waals surface area contributed by atoms with E-state index in [0.717, 1.165) is 49.9 Å². The molecule has 0 saturated heterocycles. The summed E-state index contributed by atoms with van der Waals surface area (Å²) >= 11 is 0. The average Bonchev–Trinajstić information content (AvgIpc) is 3.81. The monoisotopic (exact) mass is 582 g/mol. The van der Waals surface area contributed by atoms with E-state index in [1.165, 1.54) is 42.5 Å². The van der Waals surface area contributed by atoms with E-state index in [2.05, 4.69) is 69.8 Å². The first-order chi connectivity index (χ1) is 21.0. The molecule has 12 nitrogen and oxygen atoms in total. The van der Waals surface area contributed by atoms with Gasteiger partial charge in [-0.15, -0.1) is 0 Å². The maximum Gasteiger partial charge on any atom is 0.315 e. The molecular weight excluding hydrogens is 544 g/mol. The smallest absolute Gasteiger partial charge is 0.315 e. The zero-order valence-corrected chi connectivity index (χ0v) is 24.4. The molecule has 0 radical (unpaired) electrons. The molecule has 3 aromatic heterocycles. The molecule has 7 rings (SSSR count). The van der Waals surface area contributed by atoms with Crippen LogP contribution in [0.4, 0.5) is 22.4 Å². The zero-order valence-electron chi connectivity index (χ0n) is 24.4. The number of aromatic amines is 1. The van der Waals surface area contributed by atoms with E-state index < -0.39 is 0 Å². The van der Waals surface area contributed by atoms with Crippen LogP contribution in [0, 0.1) is 6.92 Å². The van der Waals surface area contributed by atoms with Gasteiger partial charge in [-0.25, -0.2) is 9.78 Å². The lowest BCUT2D eigenvalue weighted by atomic mass is 9.91. The SMILES string of the molecule is Cc1nc(-c2ccc3c(c2)CC(NC(=O)NC2CCC(Nc4nccc(Nc5cc(C6CCCC6)[nH]n5)n4)CC2)C3)no1. The highest BCUT2D eigenvalue weighted by molar-refractivity contribution is 5.75. The standard InChI is InChI=1S/C31H38N10O2/c1-18-33-29(41-43-18)21-7-6-20-15-25(16-22(20)14-21)36-31(42)35-24-10-8-23(9-11-24)34-30-32-13-12-27(38-30)37-28-17-26(39-40-28)19-4-2-3-5-19/h6-7,12-14,17,19,23-25H,2-5,8-11,15-16H2,1H3,(H2,35,36,42)(H3,32,34,37,38,39,40). The molecule has 5 N–H and O–H groups in total. The number of aryl methyl sites for hydroxylation is 1. The van der Waals surface area contributed by atoms with Crippen molar-refractivity contribution in [3.05, 3.63) is 59.2 Å². The van der Waals surface area contributed by atoms with Gasteiger partial charge in [0.15, 0.2) is 5.82 Å². The van der Waals surface area contributed by atoms with Gasteiger partial charge in [0.25, 0.3) is 0 Å². The molecule has 224 valence electrons. The fourth-order valence-electron chi connectivity index (χ4n) is 6.73. The highest BCUT2D eigenvalue weighted by Crippen LogP contribution is 2.34. The molecule has 2 saturated carbocycles. The van der Waals surface area contributed by atoms with Crippen molar-refractivity contribution in [1.82, 2.24) is 40.9 Å². The van der Waals surface area contributed by atoms with Gasteiger partial charge in [0.05, 0.1) is 0 Å². The lowest BCUT2D eigenvalue weighted by Gasteiger charge is -2.30. The van der Waals surface area contributed by atoms with Crippen LogP contribution in [0.15, 0.2) is 41.1 Å². The summed E-state index contributed by atoms with van der Waals surface area (Å²) in [5.74, 6) is 3.82. The van der Waals surface area contributed by atoms with E-state index >= 15 is 0 Å². The van der Waals surface area contributed by atoms with Crippen LogP contribution in [0.3, 0.4) is 0 Å². The summed E-state index contributed by atoms with van der Waals surface area (Å²) in [7, 11) is 0. The second-order valence-electron chi connectivity index (χ2n) is 12.1. The maximum atomic E-state index is 12.8. The van der Waals surface area contributed by atoms with Gasteiger partial charge in [-0.3, -0.25) is 5.10 Å². The van der Waals surface area contributed by atoms with Gasteiger partial charge in [0.2, 0.25) is 17.7 Å². The number of carbonyl (C=O) groups is 1. The Balaban J connectivity index is 0.853. The molecular formula is C31H38N10O2. The van der Waals surface area contributed by atoms with Crippen LogP contribution in [0.1, 0.15) is 80.0 Å². The summed E-state index contributed by atoms with van der Waals surface area (Å²) in [6, 6.07) is 10.6. The van der Waals surface area contributed by atoms with Gasteiger partial charge < -0.3 is 25.8 Å². The second-order valence-corrected chi connectivity index (χ2v) is 12.1. The molecule has 0 spiro atoms. The van der Waals surface area contributed by atoms with Crippen molar-refractivity contribution in [2.75, 3.05) is 10.6 Å². The average molecular weight is 583 g/mol. The number of aromatic nitrogens is 6. The lowest BCUT2D eigenvalue weighted by molar-refractivity contribution is 0.228. The molecule has 3 heterocycles. The largest absolute Gasteiger partial charge is 0.351 e. The minimum Gasteiger partial charge on any atom is -0.351 e. The predicted molar refractivity (Wildman–Crippen MR) is 162 cm³/mol. The Morgan fingerprint density at radius 2 is 1.67 bits per heavy atom. The zero-order chi connectivity index (χ0) is 29.2. The Kier molecular flexibility index (Phi) is 7.65. The van der Waals surface area contributed by atoms with Crippen LogP contribution in [0.2, 0.25) is 0 Å². The third-order valence-electron chi connectivity index (χ3n) is 8.96. The maximum absolute atomic E-state index is 12.8. The van der Waals surface area contributed by atoms with Crippen LogP contribution in [0.25, 0.3) is 11.4 Å². The number of benzene rings is 1. The van der Waals surface area contributed by atoms with Gasteiger partial charge >= 0.3 is 6.03 Å². The molecule has 1 aromatic carbocycles. The quantitative estimate of drug-likeness (QED) is 0.189. The molecule has 2 fully saturated rings. The molecule has 3 aliphatic carbocycles. The summed E-state index contributed by atoms with van der Waals surface area (Å²) in [5.41, 5.74) is 4.60. The molecule has 0 bridgehead atoms. The van der Waals surface area contributed by atoms with Crippen LogP contribution in [-0.2, 0) is 12.8 Å². The lowest BCUT2D eigenvalue weighted by Crippen LogP contribution is -2.48. The molecule has 4 aromatic rings. The van der Waals surface area contributed by atoms with Crippen molar-refractivity contribution in [3.63, 3.8) is 0 Å². The number of nitrogens with one attached hydrogen (secondary N) is 5. The number of H-pyrrole nitrogens is 1. The van der Waals surface area contributed by atoms with Gasteiger partial charge in [0.1, 0.15) is 5.82 Å². The molecule has 1 unspecified atom stereocenters. The molecule has 12 heteroatoms.